The number of carbonyl (C=O) groups is 1. The van der Waals surface area contributed by atoms with Gasteiger partial charge in [0.15, 0.2) is 17.3 Å². The molecular formula is C26H25ClN6O3S. The van der Waals surface area contributed by atoms with E-state index in [1.807, 2.05) is 48.5 Å². The second-order valence-electron chi connectivity index (χ2n) is 9.61. The summed E-state index contributed by atoms with van der Waals surface area (Å²) in [5.41, 5.74) is 1.79. The molecule has 1 unspecified atom stereocenters. The summed E-state index contributed by atoms with van der Waals surface area (Å²) in [7, 11) is 1.54. The molecule has 190 valence electrons. The molecule has 0 spiro atoms. The minimum atomic E-state index is -1.18. The highest BCUT2D eigenvalue weighted by molar-refractivity contribution is 7.80. The van der Waals surface area contributed by atoms with E-state index in [0.29, 0.717) is 40.8 Å². The average molecular weight is 537 g/mol. The Morgan fingerprint density at radius 2 is 2.00 bits per heavy atom. The zero-order valence-corrected chi connectivity index (χ0v) is 21.5. The quantitative estimate of drug-likeness (QED) is 0.240. The molecule has 4 N–H and O–H groups in total. The lowest BCUT2D eigenvalue weighted by Gasteiger charge is -2.23. The predicted molar refractivity (Wildman–Crippen MR) is 142 cm³/mol. The fourth-order valence-electron chi connectivity index (χ4n) is 5.62. The van der Waals surface area contributed by atoms with Crippen LogP contribution < -0.4 is 10.6 Å². The number of nitrogens with zero attached hydrogens (tertiary/aromatic N) is 4. The van der Waals surface area contributed by atoms with Crippen LogP contribution in [0.15, 0.2) is 59.8 Å². The van der Waals surface area contributed by atoms with Crippen molar-refractivity contribution in [3.05, 3.63) is 65.4 Å². The number of rotatable bonds is 6. The Bertz CT molecular complexity index is 1510. The highest BCUT2D eigenvalue weighted by atomic mass is 35.5. The van der Waals surface area contributed by atoms with Crippen molar-refractivity contribution in [2.75, 3.05) is 12.4 Å². The summed E-state index contributed by atoms with van der Waals surface area (Å²) >= 11 is 10.5. The van der Waals surface area contributed by atoms with Gasteiger partial charge in [-0.3, -0.25) is 4.79 Å². The minimum Gasteiger partial charge on any atom is -0.389 e. The van der Waals surface area contributed by atoms with Crippen LogP contribution in [0.3, 0.4) is 0 Å². The third-order valence-electron chi connectivity index (χ3n) is 7.54. The van der Waals surface area contributed by atoms with Crippen molar-refractivity contribution in [3.8, 4) is 11.4 Å². The van der Waals surface area contributed by atoms with Gasteiger partial charge in [-0.15, -0.1) is 12.6 Å². The predicted octanol–water partition coefficient (Wildman–Crippen LogP) is 3.08. The number of hydrogen-bond acceptors (Lipinski definition) is 8. The molecule has 0 aliphatic heterocycles. The summed E-state index contributed by atoms with van der Waals surface area (Å²) in [6.07, 6.45) is -0.234. The summed E-state index contributed by atoms with van der Waals surface area (Å²) in [6, 6.07) is 14.5. The summed E-state index contributed by atoms with van der Waals surface area (Å²) < 4.78 is 1.77. The highest BCUT2D eigenvalue weighted by Gasteiger charge is 2.75. The number of fused-ring (bicyclic) bond motifs is 2. The summed E-state index contributed by atoms with van der Waals surface area (Å²) in [4.78, 5) is 27.6. The molecule has 0 saturated heterocycles. The number of nitrogens with one attached hydrogen (secondary N) is 2. The van der Waals surface area contributed by atoms with E-state index in [1.165, 1.54) is 0 Å². The molecule has 2 aromatic carbocycles. The standard InChI is InChI=1S/C26H25ClN6O3S/c1-28-25(36)26-10-17(26)19(20(34)21(26)35)33-12-30-18-23(29-11-13-3-2-4-15(27)9-13)31-22(32-24(18)33)14-5-7-16(37)8-6-14/h2-9,12,17,19-21,34-35,37H,10-11H2,1H3,(H,28,36)(H,29,31,32)/t17?,19-,20+,21+,26-/m1/s1. The molecule has 2 aliphatic carbocycles. The largest absolute Gasteiger partial charge is 0.389 e. The van der Waals surface area contributed by atoms with Gasteiger partial charge in [-0.25, -0.2) is 15.0 Å². The molecule has 0 bridgehead atoms. The van der Waals surface area contributed by atoms with E-state index in [0.717, 1.165) is 16.0 Å². The number of carbonyl (C=O) groups excluding carboxylic acids is 1. The van der Waals surface area contributed by atoms with Gasteiger partial charge in [0.1, 0.15) is 11.6 Å². The van der Waals surface area contributed by atoms with Crippen molar-refractivity contribution in [2.45, 2.75) is 36.1 Å². The first-order chi connectivity index (χ1) is 17.8. The molecule has 0 radical (unpaired) electrons. The van der Waals surface area contributed by atoms with Gasteiger partial charge in [0.05, 0.1) is 23.9 Å². The molecule has 2 saturated carbocycles. The zero-order valence-electron chi connectivity index (χ0n) is 19.8. The van der Waals surface area contributed by atoms with Crippen LogP contribution in [0, 0.1) is 11.3 Å². The van der Waals surface area contributed by atoms with Gasteiger partial charge < -0.3 is 25.4 Å². The number of anilines is 1. The number of aliphatic hydroxyl groups excluding tert-OH is 2. The Hall–Kier alpha value is -3.18. The van der Waals surface area contributed by atoms with Crippen molar-refractivity contribution in [3.63, 3.8) is 0 Å². The van der Waals surface area contributed by atoms with Crippen LogP contribution in [-0.4, -0.2) is 54.9 Å². The topological polar surface area (TPSA) is 125 Å². The van der Waals surface area contributed by atoms with Crippen LogP contribution in [0.1, 0.15) is 18.0 Å². The Labute approximate surface area is 223 Å². The number of aromatic nitrogens is 4. The number of halogens is 1. The highest BCUT2D eigenvalue weighted by Crippen LogP contribution is 2.67. The maximum Gasteiger partial charge on any atom is 0.229 e. The molecule has 2 aromatic heterocycles. The summed E-state index contributed by atoms with van der Waals surface area (Å²) in [5.74, 6) is 0.495. The lowest BCUT2D eigenvalue weighted by Crippen LogP contribution is -2.41. The van der Waals surface area contributed by atoms with E-state index < -0.39 is 23.7 Å². The number of benzene rings is 2. The van der Waals surface area contributed by atoms with E-state index in [4.69, 9.17) is 21.6 Å². The lowest BCUT2D eigenvalue weighted by atomic mass is 9.98. The molecule has 6 rings (SSSR count). The van der Waals surface area contributed by atoms with Crippen molar-refractivity contribution >= 4 is 47.1 Å². The third-order valence-corrected chi connectivity index (χ3v) is 8.07. The van der Waals surface area contributed by atoms with Gasteiger partial charge in [0.2, 0.25) is 5.91 Å². The van der Waals surface area contributed by atoms with Crippen molar-refractivity contribution in [1.82, 2.24) is 24.8 Å². The number of aliphatic hydroxyl groups is 2. The van der Waals surface area contributed by atoms with E-state index >= 15 is 0 Å². The van der Waals surface area contributed by atoms with Gasteiger partial charge in [-0.05, 0) is 36.2 Å². The molecule has 37 heavy (non-hydrogen) atoms. The second kappa shape index (κ2) is 8.98. The zero-order chi connectivity index (χ0) is 25.9. The van der Waals surface area contributed by atoms with Crippen molar-refractivity contribution in [2.24, 2.45) is 11.3 Å². The van der Waals surface area contributed by atoms with Crippen molar-refractivity contribution < 1.29 is 15.0 Å². The first-order valence-corrected chi connectivity index (χ1v) is 12.8. The van der Waals surface area contributed by atoms with Gasteiger partial charge in [-0.2, -0.15) is 0 Å². The fourth-order valence-corrected chi connectivity index (χ4v) is 5.98. The summed E-state index contributed by atoms with van der Waals surface area (Å²) in [5, 5.41) is 28.5. The minimum absolute atomic E-state index is 0.236. The van der Waals surface area contributed by atoms with Gasteiger partial charge >= 0.3 is 0 Å². The molecule has 1 amide bonds. The van der Waals surface area contributed by atoms with Crippen LogP contribution >= 0.6 is 24.2 Å². The number of amides is 1. The van der Waals surface area contributed by atoms with E-state index in [-0.39, 0.29) is 11.8 Å². The summed E-state index contributed by atoms with van der Waals surface area (Å²) in [6.45, 7) is 0.460. The molecule has 9 nitrogen and oxygen atoms in total. The molecule has 2 heterocycles. The smallest absolute Gasteiger partial charge is 0.229 e. The molecule has 2 aliphatic rings. The molecular weight excluding hydrogens is 512 g/mol. The SMILES string of the molecule is CNC(=O)[C@]12CC1[C@@H](n1cnc3c(NCc4cccc(Cl)c4)nc(-c4ccc(S)cc4)nc31)[C@H](O)[C@@H]2O. The van der Waals surface area contributed by atoms with Gasteiger partial charge in [0.25, 0.3) is 0 Å². The molecule has 2 fully saturated rings. The molecule has 5 atom stereocenters. The van der Waals surface area contributed by atoms with Gasteiger partial charge in [-0.1, -0.05) is 35.9 Å². The van der Waals surface area contributed by atoms with Crippen LogP contribution in [0.2, 0.25) is 5.02 Å². The van der Waals surface area contributed by atoms with Gasteiger partial charge in [0, 0.05) is 35.0 Å². The Kier molecular flexibility index (Phi) is 5.87. The Morgan fingerprint density at radius 3 is 2.73 bits per heavy atom. The average Bonchev–Trinajstić information content (AvgIpc) is 3.43. The maximum atomic E-state index is 12.6. The monoisotopic (exact) mass is 536 g/mol. The number of imidazole rings is 1. The Morgan fingerprint density at radius 1 is 1.22 bits per heavy atom. The van der Waals surface area contributed by atoms with Crippen LogP contribution in [0.4, 0.5) is 5.82 Å². The van der Waals surface area contributed by atoms with Crippen LogP contribution in [0.25, 0.3) is 22.6 Å². The molecule has 4 aromatic rings. The van der Waals surface area contributed by atoms with E-state index in [2.05, 4.69) is 28.2 Å². The van der Waals surface area contributed by atoms with Crippen molar-refractivity contribution in [1.29, 1.82) is 0 Å². The van der Waals surface area contributed by atoms with E-state index in [9.17, 15) is 15.0 Å². The maximum absolute atomic E-state index is 12.6. The number of thiol groups is 1. The third kappa shape index (κ3) is 3.86. The molecule has 11 heteroatoms. The normalized spacial score (nSPS) is 26.2. The van der Waals surface area contributed by atoms with Crippen LogP contribution in [0.5, 0.6) is 0 Å². The first-order valence-electron chi connectivity index (χ1n) is 11.9. The first kappa shape index (κ1) is 24.2. The number of hydrogen-bond donors (Lipinski definition) is 5. The Balaban J connectivity index is 1.44. The second-order valence-corrected chi connectivity index (χ2v) is 10.6. The lowest BCUT2D eigenvalue weighted by molar-refractivity contribution is -0.132. The fraction of sp³-hybridized carbons (Fsp3) is 0.308. The van der Waals surface area contributed by atoms with Crippen LogP contribution in [-0.2, 0) is 11.3 Å². The van der Waals surface area contributed by atoms with E-state index in [1.54, 1.807) is 17.9 Å².